The number of anilines is 2. The third kappa shape index (κ3) is 6.22. The predicted molar refractivity (Wildman–Crippen MR) is 179 cm³/mol. The van der Waals surface area contributed by atoms with E-state index in [9.17, 15) is 17.6 Å². The second-order valence-corrected chi connectivity index (χ2v) is 12.9. The molecular formula is C34H36F5N9O3. The highest BCUT2D eigenvalue weighted by Gasteiger charge is 2.40. The van der Waals surface area contributed by atoms with Gasteiger partial charge in [0.05, 0.1) is 42.2 Å². The highest BCUT2D eigenvalue weighted by Crippen LogP contribution is 2.47. The average Bonchev–Trinajstić information content (AvgIpc) is 3.72. The van der Waals surface area contributed by atoms with Gasteiger partial charge < -0.3 is 24.8 Å². The minimum absolute atomic E-state index is 0.00143. The van der Waals surface area contributed by atoms with Gasteiger partial charge in [0.15, 0.2) is 5.82 Å². The summed E-state index contributed by atoms with van der Waals surface area (Å²) in [6, 6.07) is 1.15. The number of benzene rings is 1. The van der Waals surface area contributed by atoms with Crippen LogP contribution in [0.25, 0.3) is 33.1 Å². The minimum Gasteiger partial charge on any atom is -0.475 e. The van der Waals surface area contributed by atoms with Crippen LogP contribution in [0.15, 0.2) is 24.5 Å². The van der Waals surface area contributed by atoms with Crippen LogP contribution in [0.4, 0.5) is 33.6 Å². The van der Waals surface area contributed by atoms with E-state index in [0.29, 0.717) is 18.7 Å². The Balaban J connectivity index is 1.45. The maximum atomic E-state index is 17.1. The normalized spacial score (nSPS) is 18.7. The van der Waals surface area contributed by atoms with E-state index in [2.05, 4.69) is 30.0 Å². The van der Waals surface area contributed by atoms with Gasteiger partial charge in [0, 0.05) is 36.2 Å². The molecule has 12 nitrogen and oxygen atoms in total. The molecule has 1 aromatic carbocycles. The van der Waals surface area contributed by atoms with Crippen LogP contribution < -0.4 is 20.1 Å². The van der Waals surface area contributed by atoms with Crippen LogP contribution >= 0.6 is 0 Å². The molecule has 0 saturated carbocycles. The number of halogens is 5. The number of hydrogen-bond donors (Lipinski definition) is 2. The summed E-state index contributed by atoms with van der Waals surface area (Å²) in [5.74, 6) is -1.73. The molecule has 1 saturated heterocycles. The highest BCUT2D eigenvalue weighted by molar-refractivity contribution is 6.02. The Morgan fingerprint density at radius 3 is 2.73 bits per heavy atom. The first-order valence-electron chi connectivity index (χ1n) is 16.5. The summed E-state index contributed by atoms with van der Waals surface area (Å²) >= 11 is 0. The maximum Gasteiger partial charge on any atom is 0.417 e. The summed E-state index contributed by atoms with van der Waals surface area (Å²) < 4.78 is 93.3. The van der Waals surface area contributed by atoms with Crippen molar-refractivity contribution >= 4 is 33.4 Å². The van der Waals surface area contributed by atoms with Gasteiger partial charge in [-0.1, -0.05) is 0 Å². The molecule has 270 valence electrons. The van der Waals surface area contributed by atoms with Crippen molar-refractivity contribution < 1.29 is 36.2 Å². The molecule has 7 rings (SSSR count). The number of ether oxygens (including phenoxy) is 3. The van der Waals surface area contributed by atoms with Crippen LogP contribution in [0, 0.1) is 18.6 Å². The van der Waals surface area contributed by atoms with E-state index >= 15 is 4.39 Å². The number of nitrogens with two attached hydrogens (primary N) is 1. The van der Waals surface area contributed by atoms with Crippen LogP contribution in [-0.4, -0.2) is 87.1 Å². The highest BCUT2D eigenvalue weighted by atomic mass is 19.4. The number of nitrogen functional groups attached to an aromatic ring is 1. The molecule has 51 heavy (non-hydrogen) atoms. The Morgan fingerprint density at radius 1 is 1.16 bits per heavy atom. The van der Waals surface area contributed by atoms with Crippen molar-refractivity contribution in [2.24, 2.45) is 0 Å². The summed E-state index contributed by atoms with van der Waals surface area (Å²) in [5.41, 5.74) is 4.09. The lowest BCUT2D eigenvalue weighted by Gasteiger charge is -2.35. The molecule has 4 aromatic heterocycles. The monoisotopic (exact) mass is 713 g/mol. The van der Waals surface area contributed by atoms with E-state index in [1.165, 1.54) is 25.3 Å². The molecule has 0 spiro atoms. The van der Waals surface area contributed by atoms with E-state index < -0.39 is 46.7 Å². The summed E-state index contributed by atoms with van der Waals surface area (Å²) in [6.45, 7) is 7.02. The zero-order valence-corrected chi connectivity index (χ0v) is 28.3. The molecule has 5 aromatic rings. The fraction of sp³-hybridized carbons (Fsp3) is 0.441. The Morgan fingerprint density at radius 2 is 1.96 bits per heavy atom. The van der Waals surface area contributed by atoms with Crippen molar-refractivity contribution in [2.75, 3.05) is 50.7 Å². The summed E-state index contributed by atoms with van der Waals surface area (Å²) in [5, 5.41) is 6.63. The number of alkyl halides is 3. The smallest absolute Gasteiger partial charge is 0.417 e. The molecule has 0 unspecified atom stereocenters. The molecule has 0 amide bonds. The Bertz CT molecular complexity index is 2110. The molecule has 17 heteroatoms. The van der Waals surface area contributed by atoms with Gasteiger partial charge in [-0.2, -0.15) is 28.2 Å². The number of hydrogen-bond acceptors (Lipinski definition) is 11. The van der Waals surface area contributed by atoms with Crippen molar-refractivity contribution in [1.82, 2.24) is 35.0 Å². The lowest BCUT2D eigenvalue weighted by atomic mass is 9.94. The van der Waals surface area contributed by atoms with Crippen molar-refractivity contribution in [3.05, 3.63) is 52.9 Å². The third-order valence-corrected chi connectivity index (χ3v) is 9.63. The first-order valence-corrected chi connectivity index (χ1v) is 16.5. The van der Waals surface area contributed by atoms with Crippen LogP contribution in [-0.2, 0) is 10.9 Å². The molecule has 3 atom stereocenters. The number of nitrogens with zero attached hydrogens (tertiary/aromatic N) is 7. The number of aromatic nitrogens is 6. The van der Waals surface area contributed by atoms with Gasteiger partial charge in [-0.15, -0.1) is 0 Å². The van der Waals surface area contributed by atoms with Gasteiger partial charge in [-0.25, -0.2) is 18.7 Å². The lowest BCUT2D eigenvalue weighted by Crippen LogP contribution is -2.39. The topological polar surface area (TPSA) is 140 Å². The van der Waals surface area contributed by atoms with E-state index in [-0.39, 0.29) is 70.2 Å². The van der Waals surface area contributed by atoms with Crippen LogP contribution in [0.5, 0.6) is 11.9 Å². The third-order valence-electron chi connectivity index (χ3n) is 9.63. The van der Waals surface area contributed by atoms with Crippen LogP contribution in [0.1, 0.15) is 49.4 Å². The fourth-order valence-corrected chi connectivity index (χ4v) is 7.22. The Labute approximate surface area is 289 Å². The molecule has 2 aliphatic rings. The SMILES string of the molecule is COCCN1CCC[C@@H]1COc1nc2c3c(nc(-c4c(C(F)(F)F)c(C)cc5[nH]ncc45)c(F)c3n1)OC[C@H](C)N2[C@H](C)c1cc(F)cnc1N. The predicted octanol–water partition coefficient (Wildman–Crippen LogP) is 5.99. The number of fused-ring (bicyclic) bond motifs is 1. The van der Waals surface area contributed by atoms with E-state index in [0.717, 1.165) is 25.6 Å². The molecule has 3 N–H and O–H groups in total. The minimum atomic E-state index is -4.87. The maximum absolute atomic E-state index is 17.1. The van der Waals surface area contributed by atoms with Gasteiger partial charge in [0.2, 0.25) is 5.88 Å². The number of nitrogens with one attached hydrogen (secondary N) is 1. The quantitative estimate of drug-likeness (QED) is 0.174. The average molecular weight is 714 g/mol. The second kappa shape index (κ2) is 13.3. The summed E-state index contributed by atoms with van der Waals surface area (Å²) in [6.07, 6.45) is -0.891. The molecule has 2 aliphatic heterocycles. The summed E-state index contributed by atoms with van der Waals surface area (Å²) in [7, 11) is 1.63. The number of aryl methyl sites for hydroxylation is 1. The van der Waals surface area contributed by atoms with E-state index in [4.69, 9.17) is 24.9 Å². The number of pyridine rings is 2. The first kappa shape index (κ1) is 34.5. The van der Waals surface area contributed by atoms with Gasteiger partial charge in [-0.05, 0) is 57.9 Å². The van der Waals surface area contributed by atoms with E-state index in [1.54, 1.807) is 25.9 Å². The zero-order chi connectivity index (χ0) is 36.2. The van der Waals surface area contributed by atoms with Gasteiger partial charge >= 0.3 is 12.2 Å². The van der Waals surface area contributed by atoms with Gasteiger partial charge in [-0.3, -0.25) is 10.00 Å². The first-order chi connectivity index (χ1) is 24.4. The van der Waals surface area contributed by atoms with Crippen molar-refractivity contribution in [1.29, 1.82) is 0 Å². The lowest BCUT2D eigenvalue weighted by molar-refractivity contribution is -0.137. The summed E-state index contributed by atoms with van der Waals surface area (Å²) in [4.78, 5) is 21.6. The molecule has 6 heterocycles. The number of rotatable bonds is 9. The van der Waals surface area contributed by atoms with Crippen LogP contribution in [0.2, 0.25) is 0 Å². The largest absolute Gasteiger partial charge is 0.475 e. The number of aromatic amines is 1. The molecular weight excluding hydrogens is 677 g/mol. The van der Waals surface area contributed by atoms with Crippen molar-refractivity contribution in [3.63, 3.8) is 0 Å². The van der Waals surface area contributed by atoms with Gasteiger partial charge in [0.25, 0.3) is 0 Å². The molecule has 0 aliphatic carbocycles. The van der Waals surface area contributed by atoms with E-state index in [1.807, 2.05) is 0 Å². The number of likely N-dealkylation sites (tertiary alicyclic amines) is 1. The molecule has 1 fully saturated rings. The standard InChI is InChI=1S/C34H36F5N9O3/c1-16-10-23-22(13-42-46-23)24(26(16)34(37,38)39)28-27(36)29-25-31(45-33(44-29)51-15-20-6-5-7-47(20)8-9-49-4)48(17(2)14-50-32(25)43-28)18(3)21-11-19(35)12-41-30(21)40/h10-13,17-18,20H,5-9,14-15H2,1-4H3,(H2,40,41)(H,42,46)/t17-,18+,20+/m0/s1. The fourth-order valence-electron chi connectivity index (χ4n) is 7.22. The van der Waals surface area contributed by atoms with Gasteiger partial charge in [0.1, 0.15) is 47.3 Å². The number of methoxy groups -OCH3 is 1. The molecule has 0 radical (unpaired) electrons. The second-order valence-electron chi connectivity index (χ2n) is 12.9. The Kier molecular flexibility index (Phi) is 9.03. The molecule has 0 bridgehead atoms. The number of H-pyrrole nitrogens is 1. The van der Waals surface area contributed by atoms with Crippen molar-refractivity contribution in [3.8, 4) is 23.1 Å². The van der Waals surface area contributed by atoms with Crippen LogP contribution in [0.3, 0.4) is 0 Å². The Hall–Kier alpha value is -4.90. The zero-order valence-electron chi connectivity index (χ0n) is 28.3. The van der Waals surface area contributed by atoms with Crippen molar-refractivity contribution in [2.45, 2.75) is 57.9 Å².